The summed E-state index contributed by atoms with van der Waals surface area (Å²) in [5.74, 6) is 0.0135. The normalized spacial score (nSPS) is 55.6. The molecule has 1 unspecified atom stereocenters. The molecule has 0 aliphatic heterocycles. The molecular formula is C15H26O4. The zero-order valence-corrected chi connectivity index (χ0v) is 12.1. The van der Waals surface area contributed by atoms with E-state index in [1.165, 1.54) is 0 Å². The highest BCUT2D eigenvalue weighted by atomic mass is 16.3. The van der Waals surface area contributed by atoms with E-state index in [2.05, 4.69) is 0 Å². The average molecular weight is 270 g/mol. The van der Waals surface area contributed by atoms with E-state index in [9.17, 15) is 20.4 Å². The molecule has 0 aromatic heterocycles. The van der Waals surface area contributed by atoms with Crippen molar-refractivity contribution < 1.29 is 20.4 Å². The minimum atomic E-state index is -1.03. The number of hydrogen-bond acceptors (Lipinski definition) is 4. The van der Waals surface area contributed by atoms with Gasteiger partial charge in [0, 0.05) is 24.7 Å². The first-order chi connectivity index (χ1) is 8.44. The van der Waals surface area contributed by atoms with Gasteiger partial charge in [0.2, 0.25) is 0 Å². The maximum absolute atomic E-state index is 11.0. The van der Waals surface area contributed by atoms with Crippen molar-refractivity contribution in [3.8, 4) is 0 Å². The summed E-state index contributed by atoms with van der Waals surface area (Å²) in [6.07, 6.45) is 2.44. The summed E-state index contributed by atoms with van der Waals surface area (Å²) < 4.78 is 0. The Labute approximate surface area is 114 Å². The van der Waals surface area contributed by atoms with Crippen LogP contribution in [0.3, 0.4) is 0 Å². The molecule has 4 aliphatic rings. The molecule has 0 heterocycles. The van der Waals surface area contributed by atoms with Crippen molar-refractivity contribution in [2.45, 2.75) is 81.7 Å². The molecule has 4 aliphatic carbocycles. The quantitative estimate of drug-likeness (QED) is 0.602. The van der Waals surface area contributed by atoms with Gasteiger partial charge >= 0.3 is 0 Å². The van der Waals surface area contributed by atoms with E-state index < -0.39 is 27.8 Å². The lowest BCUT2D eigenvalue weighted by Crippen LogP contribution is -2.74. The van der Waals surface area contributed by atoms with E-state index in [4.69, 9.17) is 0 Å². The van der Waals surface area contributed by atoms with Crippen LogP contribution in [0, 0.1) is 11.3 Å². The van der Waals surface area contributed by atoms with Gasteiger partial charge in [-0.3, -0.25) is 0 Å². The van der Waals surface area contributed by atoms with Gasteiger partial charge in [0.15, 0.2) is 0 Å². The van der Waals surface area contributed by atoms with Gasteiger partial charge in [-0.1, -0.05) is 13.8 Å². The lowest BCUT2D eigenvalue weighted by molar-refractivity contribution is -0.317. The van der Waals surface area contributed by atoms with E-state index >= 15 is 0 Å². The molecule has 110 valence electrons. The Kier molecular flexibility index (Phi) is 2.44. The molecule has 0 aromatic carbocycles. The minimum Gasteiger partial charge on any atom is -0.390 e. The molecule has 4 heteroatoms. The molecule has 1 atom stereocenters. The van der Waals surface area contributed by atoms with E-state index in [0.29, 0.717) is 38.5 Å². The highest BCUT2D eigenvalue weighted by Gasteiger charge is 2.71. The maximum Gasteiger partial charge on any atom is 0.0708 e. The third kappa shape index (κ3) is 1.73. The van der Waals surface area contributed by atoms with Crippen molar-refractivity contribution in [3.63, 3.8) is 0 Å². The van der Waals surface area contributed by atoms with Crippen LogP contribution in [-0.2, 0) is 0 Å². The van der Waals surface area contributed by atoms with Crippen LogP contribution >= 0.6 is 0 Å². The van der Waals surface area contributed by atoms with Crippen LogP contribution in [0.15, 0.2) is 0 Å². The Morgan fingerprint density at radius 2 is 1.11 bits per heavy atom. The summed E-state index contributed by atoms with van der Waals surface area (Å²) in [7, 11) is 0. The van der Waals surface area contributed by atoms with Gasteiger partial charge in [-0.15, -0.1) is 0 Å². The smallest absolute Gasteiger partial charge is 0.0708 e. The first-order valence-corrected chi connectivity index (χ1v) is 7.33. The molecule has 4 fully saturated rings. The predicted molar refractivity (Wildman–Crippen MR) is 70.4 cm³/mol. The minimum absolute atomic E-state index is 0.0135. The third-order valence-electron chi connectivity index (χ3n) is 6.17. The van der Waals surface area contributed by atoms with Crippen LogP contribution in [0.25, 0.3) is 0 Å². The molecule has 19 heavy (non-hydrogen) atoms. The van der Waals surface area contributed by atoms with E-state index in [1.807, 2.05) is 13.8 Å². The molecule has 4 rings (SSSR count). The fourth-order valence-corrected chi connectivity index (χ4v) is 5.63. The zero-order chi connectivity index (χ0) is 14.3. The summed E-state index contributed by atoms with van der Waals surface area (Å²) in [6, 6.07) is 0. The van der Waals surface area contributed by atoms with Crippen LogP contribution in [0.5, 0.6) is 0 Å². The fraction of sp³-hybridized carbons (Fsp3) is 1.00. The Balaban J connectivity index is 2.09. The standard InChI is InChI=1S/C15H26O4/c1-10(2)11(3,16)12-4-13(17)7-14(18,5-12)9-15(19,6-12)8-13/h10,16-19H,4-9H2,1-3H3. The number of rotatable bonds is 2. The first-order valence-electron chi connectivity index (χ1n) is 7.33. The summed E-state index contributed by atoms with van der Waals surface area (Å²) >= 11 is 0. The molecule has 0 amide bonds. The molecule has 0 spiro atoms. The van der Waals surface area contributed by atoms with E-state index in [0.717, 1.165) is 0 Å². The van der Waals surface area contributed by atoms with Crippen molar-refractivity contribution in [2.24, 2.45) is 11.3 Å². The summed E-state index contributed by atoms with van der Waals surface area (Å²) in [6.45, 7) is 5.70. The largest absolute Gasteiger partial charge is 0.390 e. The van der Waals surface area contributed by atoms with Crippen molar-refractivity contribution >= 4 is 0 Å². The van der Waals surface area contributed by atoms with Gasteiger partial charge < -0.3 is 20.4 Å². The van der Waals surface area contributed by atoms with Gasteiger partial charge in [0.05, 0.1) is 22.4 Å². The first kappa shape index (κ1) is 13.8. The Morgan fingerprint density at radius 3 is 1.37 bits per heavy atom. The van der Waals surface area contributed by atoms with Crippen LogP contribution < -0.4 is 0 Å². The van der Waals surface area contributed by atoms with E-state index in [1.54, 1.807) is 6.92 Å². The van der Waals surface area contributed by atoms with Crippen LogP contribution in [0.1, 0.15) is 59.3 Å². The van der Waals surface area contributed by atoms with Crippen molar-refractivity contribution in [1.29, 1.82) is 0 Å². The summed E-state index contributed by atoms with van der Waals surface area (Å²) in [4.78, 5) is 0. The van der Waals surface area contributed by atoms with Crippen molar-refractivity contribution in [3.05, 3.63) is 0 Å². The van der Waals surface area contributed by atoms with Gasteiger partial charge in [0.1, 0.15) is 0 Å². The Bertz CT molecular complexity index is 361. The number of aliphatic hydroxyl groups is 4. The second-order valence-corrected chi connectivity index (χ2v) is 8.32. The van der Waals surface area contributed by atoms with Crippen LogP contribution in [-0.4, -0.2) is 42.8 Å². The maximum atomic E-state index is 11.0. The second-order valence-electron chi connectivity index (χ2n) is 8.32. The van der Waals surface area contributed by atoms with Gasteiger partial charge in [0.25, 0.3) is 0 Å². The molecular weight excluding hydrogens is 244 g/mol. The lowest BCUT2D eigenvalue weighted by atomic mass is 9.40. The SMILES string of the molecule is CC(C)C(C)(O)C12CC3(O)CC(O)(CC(O)(C3)C1)C2. The Hall–Kier alpha value is -0.160. The van der Waals surface area contributed by atoms with Crippen molar-refractivity contribution in [1.82, 2.24) is 0 Å². The third-order valence-corrected chi connectivity index (χ3v) is 6.17. The van der Waals surface area contributed by atoms with Crippen LogP contribution in [0.4, 0.5) is 0 Å². The molecule has 0 aromatic rings. The lowest BCUT2D eigenvalue weighted by Gasteiger charge is -2.69. The summed E-state index contributed by atoms with van der Waals surface area (Å²) in [5, 5.41) is 43.1. The van der Waals surface area contributed by atoms with E-state index in [-0.39, 0.29) is 5.92 Å². The highest BCUT2D eigenvalue weighted by molar-refractivity contribution is 5.23. The molecule has 4 bridgehead atoms. The zero-order valence-electron chi connectivity index (χ0n) is 12.1. The topological polar surface area (TPSA) is 80.9 Å². The fourth-order valence-electron chi connectivity index (χ4n) is 5.63. The molecule has 4 N–H and O–H groups in total. The number of hydrogen-bond donors (Lipinski definition) is 4. The summed E-state index contributed by atoms with van der Waals surface area (Å²) in [5.41, 5.74) is -4.68. The van der Waals surface area contributed by atoms with Gasteiger partial charge in [-0.25, -0.2) is 0 Å². The predicted octanol–water partition coefficient (Wildman–Crippen LogP) is 0.955. The van der Waals surface area contributed by atoms with Crippen molar-refractivity contribution in [2.75, 3.05) is 0 Å². The molecule has 4 nitrogen and oxygen atoms in total. The average Bonchev–Trinajstić information content (AvgIpc) is 2.08. The Morgan fingerprint density at radius 1 is 0.789 bits per heavy atom. The highest BCUT2D eigenvalue weighted by Crippen LogP contribution is 2.68. The van der Waals surface area contributed by atoms with Crippen LogP contribution in [0.2, 0.25) is 0 Å². The molecule has 0 saturated heterocycles. The monoisotopic (exact) mass is 270 g/mol. The van der Waals surface area contributed by atoms with Gasteiger partial charge in [-0.2, -0.15) is 0 Å². The molecule has 0 radical (unpaired) electrons. The molecule has 4 saturated carbocycles. The van der Waals surface area contributed by atoms with Gasteiger partial charge in [-0.05, 0) is 32.1 Å². The second kappa shape index (κ2) is 3.35.